The van der Waals surface area contributed by atoms with Crippen LogP contribution in [0.4, 0.5) is 5.69 Å². The van der Waals surface area contributed by atoms with Gasteiger partial charge in [0, 0.05) is 68.8 Å². The van der Waals surface area contributed by atoms with Crippen molar-refractivity contribution in [2.75, 3.05) is 38.1 Å². The number of benzene rings is 1. The van der Waals surface area contributed by atoms with Crippen LogP contribution in [0.25, 0.3) is 0 Å². The Labute approximate surface area is 166 Å². The lowest BCUT2D eigenvalue weighted by molar-refractivity contribution is 0.372. The summed E-state index contributed by atoms with van der Waals surface area (Å²) in [6.07, 6.45) is 0. The van der Waals surface area contributed by atoms with E-state index in [1.165, 1.54) is 22.5 Å². The maximum Gasteiger partial charge on any atom is 0.194 e. The van der Waals surface area contributed by atoms with Crippen LogP contribution in [0.5, 0.6) is 0 Å². The summed E-state index contributed by atoms with van der Waals surface area (Å²) in [5.41, 5.74) is 5.99. The monoisotopic (exact) mass is 388 g/mol. The molecule has 27 heavy (non-hydrogen) atoms. The Morgan fingerprint density at radius 2 is 1.89 bits per heavy atom. The average molecular weight is 389 g/mol. The van der Waals surface area contributed by atoms with E-state index < -0.39 is 0 Å². The van der Waals surface area contributed by atoms with E-state index in [9.17, 15) is 0 Å². The second kappa shape index (κ2) is 8.21. The van der Waals surface area contributed by atoms with Crippen molar-refractivity contribution in [3.8, 4) is 0 Å². The molecular weight excluding hydrogens is 360 g/mol. The summed E-state index contributed by atoms with van der Waals surface area (Å²) in [4.78, 5) is 9.21. The molecule has 1 aromatic heterocycles. The van der Waals surface area contributed by atoms with Gasteiger partial charge in [-0.25, -0.2) is 0 Å². The lowest BCUT2D eigenvalue weighted by Crippen LogP contribution is -2.52. The van der Waals surface area contributed by atoms with E-state index in [1.807, 2.05) is 24.8 Å². The number of hydrogen-bond donors (Lipinski definition) is 1. The van der Waals surface area contributed by atoms with E-state index in [0.717, 1.165) is 49.4 Å². The number of anilines is 1. The van der Waals surface area contributed by atoms with Crippen molar-refractivity contribution < 1.29 is 0 Å². The van der Waals surface area contributed by atoms with Crippen LogP contribution >= 0.6 is 11.6 Å². The number of guanidine groups is 1. The number of aliphatic imine (C=N–C) groups is 1. The number of nitrogens with one attached hydrogen (secondary N) is 1. The Morgan fingerprint density at radius 3 is 2.48 bits per heavy atom. The summed E-state index contributed by atoms with van der Waals surface area (Å²) in [7, 11) is 3.83. The Kier molecular flexibility index (Phi) is 5.95. The van der Waals surface area contributed by atoms with Gasteiger partial charge in [-0.3, -0.25) is 9.67 Å². The van der Waals surface area contributed by atoms with Gasteiger partial charge in [0.05, 0.1) is 5.69 Å². The highest BCUT2D eigenvalue weighted by molar-refractivity contribution is 6.30. The third kappa shape index (κ3) is 4.21. The van der Waals surface area contributed by atoms with Crippen LogP contribution in [0.15, 0.2) is 23.2 Å². The minimum atomic E-state index is 0.742. The zero-order chi connectivity index (χ0) is 19.6. The maximum absolute atomic E-state index is 6.19. The molecule has 0 atom stereocenters. The number of hydrogen-bond acceptors (Lipinski definition) is 3. The first-order chi connectivity index (χ1) is 12.9. The molecule has 2 heterocycles. The summed E-state index contributed by atoms with van der Waals surface area (Å²) in [5.74, 6) is 0.945. The fraction of sp³-hybridized carbons (Fsp3) is 0.500. The molecule has 0 saturated carbocycles. The number of aromatic nitrogens is 2. The quantitative estimate of drug-likeness (QED) is 0.648. The summed E-state index contributed by atoms with van der Waals surface area (Å²) >= 11 is 6.19. The minimum Gasteiger partial charge on any atom is -0.368 e. The Balaban J connectivity index is 1.61. The van der Waals surface area contributed by atoms with E-state index >= 15 is 0 Å². The van der Waals surface area contributed by atoms with Crippen molar-refractivity contribution in [3.05, 3.63) is 45.7 Å². The van der Waals surface area contributed by atoms with Gasteiger partial charge in [0.25, 0.3) is 0 Å². The van der Waals surface area contributed by atoms with E-state index in [-0.39, 0.29) is 0 Å². The summed E-state index contributed by atoms with van der Waals surface area (Å²) in [6, 6.07) is 6.10. The predicted molar refractivity (Wildman–Crippen MR) is 113 cm³/mol. The fourth-order valence-corrected chi connectivity index (χ4v) is 3.82. The second-order valence-corrected chi connectivity index (χ2v) is 7.52. The molecule has 1 aliphatic rings. The second-order valence-electron chi connectivity index (χ2n) is 7.08. The third-order valence-electron chi connectivity index (χ3n) is 5.39. The van der Waals surface area contributed by atoms with E-state index in [4.69, 9.17) is 11.6 Å². The molecule has 1 N–H and O–H groups in total. The van der Waals surface area contributed by atoms with Crippen LogP contribution in [0.2, 0.25) is 5.02 Å². The first kappa shape index (κ1) is 19.5. The molecule has 0 aliphatic carbocycles. The average Bonchev–Trinajstić information content (AvgIpc) is 2.90. The van der Waals surface area contributed by atoms with Gasteiger partial charge < -0.3 is 15.1 Å². The Hall–Kier alpha value is -2.21. The molecule has 3 rings (SSSR count). The van der Waals surface area contributed by atoms with Crippen LogP contribution in [-0.2, 0) is 13.6 Å². The molecule has 0 unspecified atom stereocenters. The normalized spacial score (nSPS) is 15.4. The first-order valence-electron chi connectivity index (χ1n) is 9.36. The Morgan fingerprint density at radius 1 is 1.19 bits per heavy atom. The topological polar surface area (TPSA) is 48.7 Å². The molecule has 146 valence electrons. The van der Waals surface area contributed by atoms with Crippen LogP contribution in [0, 0.1) is 20.8 Å². The molecule has 1 fully saturated rings. The SMILES string of the molecule is CN=C(NCc1c(C)nn(C)c1C)N1CCN(c2cc(Cl)ccc2C)CC1. The maximum atomic E-state index is 6.19. The molecule has 1 saturated heterocycles. The number of halogens is 1. The molecule has 2 aromatic rings. The van der Waals surface area contributed by atoms with Crippen molar-refractivity contribution in [2.24, 2.45) is 12.0 Å². The van der Waals surface area contributed by atoms with Gasteiger partial charge in [0.2, 0.25) is 0 Å². The summed E-state index contributed by atoms with van der Waals surface area (Å²) in [6.45, 7) is 10.8. The molecular formula is C20H29ClN6. The highest BCUT2D eigenvalue weighted by Gasteiger charge is 2.21. The molecule has 1 aromatic carbocycles. The third-order valence-corrected chi connectivity index (χ3v) is 5.62. The molecule has 7 heteroatoms. The number of nitrogens with zero attached hydrogens (tertiary/aromatic N) is 5. The number of rotatable bonds is 3. The van der Waals surface area contributed by atoms with Crippen molar-refractivity contribution in [1.82, 2.24) is 20.0 Å². The van der Waals surface area contributed by atoms with Gasteiger partial charge in [0.15, 0.2) is 5.96 Å². The fourth-order valence-electron chi connectivity index (χ4n) is 3.66. The standard InChI is InChI=1S/C20H29ClN6/c1-14-6-7-17(21)12-19(14)26-8-10-27(11-9-26)20(22-4)23-13-18-15(2)24-25(5)16(18)3/h6-7,12H,8-11,13H2,1-5H3,(H,22,23). The molecule has 0 spiro atoms. The lowest BCUT2D eigenvalue weighted by Gasteiger charge is -2.38. The lowest BCUT2D eigenvalue weighted by atomic mass is 10.1. The van der Waals surface area contributed by atoms with Gasteiger partial charge in [0.1, 0.15) is 0 Å². The van der Waals surface area contributed by atoms with E-state index in [1.54, 1.807) is 0 Å². The van der Waals surface area contributed by atoms with E-state index in [0.29, 0.717) is 0 Å². The van der Waals surface area contributed by atoms with Crippen molar-refractivity contribution in [1.29, 1.82) is 0 Å². The predicted octanol–water partition coefficient (Wildman–Crippen LogP) is 2.90. The van der Waals surface area contributed by atoms with Crippen LogP contribution in [0.3, 0.4) is 0 Å². The first-order valence-corrected chi connectivity index (χ1v) is 9.74. The van der Waals surface area contributed by atoms with Crippen molar-refractivity contribution in [3.63, 3.8) is 0 Å². The van der Waals surface area contributed by atoms with E-state index in [2.05, 4.69) is 58.1 Å². The zero-order valence-corrected chi connectivity index (χ0v) is 17.6. The molecule has 0 amide bonds. The van der Waals surface area contributed by atoms with Crippen LogP contribution in [0.1, 0.15) is 22.5 Å². The van der Waals surface area contributed by atoms with Gasteiger partial charge >= 0.3 is 0 Å². The largest absolute Gasteiger partial charge is 0.368 e. The minimum absolute atomic E-state index is 0.742. The van der Waals surface area contributed by atoms with Gasteiger partial charge in [-0.2, -0.15) is 5.10 Å². The van der Waals surface area contributed by atoms with Gasteiger partial charge in [-0.05, 0) is 38.5 Å². The molecule has 0 radical (unpaired) electrons. The van der Waals surface area contributed by atoms with Crippen LogP contribution < -0.4 is 10.2 Å². The zero-order valence-electron chi connectivity index (χ0n) is 16.9. The highest BCUT2D eigenvalue weighted by Crippen LogP contribution is 2.25. The summed E-state index contributed by atoms with van der Waals surface area (Å²) < 4.78 is 1.93. The van der Waals surface area contributed by atoms with Crippen molar-refractivity contribution >= 4 is 23.2 Å². The number of piperazine rings is 1. The van der Waals surface area contributed by atoms with Gasteiger partial charge in [-0.1, -0.05) is 17.7 Å². The smallest absolute Gasteiger partial charge is 0.194 e. The molecule has 0 bridgehead atoms. The molecule has 6 nitrogen and oxygen atoms in total. The number of aryl methyl sites for hydroxylation is 3. The molecule has 1 aliphatic heterocycles. The van der Waals surface area contributed by atoms with Gasteiger partial charge in [-0.15, -0.1) is 0 Å². The highest BCUT2D eigenvalue weighted by atomic mass is 35.5. The van der Waals surface area contributed by atoms with Crippen LogP contribution in [-0.4, -0.2) is 53.9 Å². The summed E-state index contributed by atoms with van der Waals surface area (Å²) in [5, 5.41) is 8.79. The van der Waals surface area contributed by atoms with Crippen molar-refractivity contribution in [2.45, 2.75) is 27.3 Å². The Bertz CT molecular complexity index is 833.